The molecule has 1 aromatic carbocycles. The van der Waals surface area contributed by atoms with Crippen molar-refractivity contribution in [2.45, 2.75) is 13.3 Å². The summed E-state index contributed by atoms with van der Waals surface area (Å²) in [4.78, 5) is 34.6. The summed E-state index contributed by atoms with van der Waals surface area (Å²) >= 11 is 0. The molecule has 0 saturated carbocycles. The third kappa shape index (κ3) is 5.28. The molecule has 0 aliphatic carbocycles. The van der Waals surface area contributed by atoms with Crippen LogP contribution in [0.4, 0.5) is 0 Å². The van der Waals surface area contributed by atoms with Gasteiger partial charge in [0.15, 0.2) is 19.0 Å². The standard InChI is InChI=1S/C17H17NO6/c1-2-12-5-7-13(8-6-12)23-11-16(20)24-10-15(19)18-17(21)14-4-3-9-22-14/h3-9H,2,10-11H2,1H3,(H,18,19,21). The van der Waals surface area contributed by atoms with Crippen molar-refractivity contribution >= 4 is 17.8 Å². The number of hydrogen-bond acceptors (Lipinski definition) is 6. The minimum atomic E-state index is -0.753. The van der Waals surface area contributed by atoms with E-state index in [0.717, 1.165) is 12.0 Å². The molecule has 0 radical (unpaired) electrons. The molecule has 0 fully saturated rings. The highest BCUT2D eigenvalue weighted by Gasteiger charge is 2.14. The normalized spacial score (nSPS) is 10.0. The van der Waals surface area contributed by atoms with Gasteiger partial charge in [-0.2, -0.15) is 0 Å². The molecule has 126 valence electrons. The van der Waals surface area contributed by atoms with Gasteiger partial charge in [0.05, 0.1) is 6.26 Å². The van der Waals surface area contributed by atoms with Crippen molar-refractivity contribution in [2.24, 2.45) is 0 Å². The van der Waals surface area contributed by atoms with Crippen molar-refractivity contribution in [3.63, 3.8) is 0 Å². The zero-order chi connectivity index (χ0) is 17.4. The summed E-state index contributed by atoms with van der Waals surface area (Å²) in [7, 11) is 0. The monoisotopic (exact) mass is 331 g/mol. The van der Waals surface area contributed by atoms with E-state index in [-0.39, 0.29) is 12.4 Å². The first-order valence-electron chi connectivity index (χ1n) is 7.33. The summed E-state index contributed by atoms with van der Waals surface area (Å²) in [6, 6.07) is 10.2. The molecule has 7 nitrogen and oxygen atoms in total. The Hall–Kier alpha value is -3.09. The molecule has 0 aliphatic rings. The summed E-state index contributed by atoms with van der Waals surface area (Å²) in [5, 5.41) is 2.03. The summed E-state index contributed by atoms with van der Waals surface area (Å²) in [5.41, 5.74) is 1.16. The van der Waals surface area contributed by atoms with Gasteiger partial charge in [-0.1, -0.05) is 19.1 Å². The zero-order valence-electron chi connectivity index (χ0n) is 13.1. The number of amides is 2. The molecule has 0 unspecified atom stereocenters. The van der Waals surface area contributed by atoms with Gasteiger partial charge >= 0.3 is 5.97 Å². The number of nitrogens with one attached hydrogen (secondary N) is 1. The van der Waals surface area contributed by atoms with Crippen molar-refractivity contribution in [3.05, 3.63) is 54.0 Å². The van der Waals surface area contributed by atoms with E-state index < -0.39 is 24.4 Å². The molecule has 0 aliphatic heterocycles. The molecule has 0 bridgehead atoms. The SMILES string of the molecule is CCc1ccc(OCC(=O)OCC(=O)NC(=O)c2ccco2)cc1. The van der Waals surface area contributed by atoms with Gasteiger partial charge in [0.25, 0.3) is 11.8 Å². The molecule has 0 atom stereocenters. The van der Waals surface area contributed by atoms with Crippen LogP contribution in [0.15, 0.2) is 47.1 Å². The Bertz CT molecular complexity index is 690. The van der Waals surface area contributed by atoms with Crippen LogP contribution >= 0.6 is 0 Å². The molecule has 2 amide bonds. The van der Waals surface area contributed by atoms with Gasteiger partial charge in [-0.05, 0) is 36.2 Å². The van der Waals surface area contributed by atoms with Crippen LogP contribution in [0.2, 0.25) is 0 Å². The second kappa shape index (κ2) is 8.52. The maximum absolute atomic E-state index is 11.5. The lowest BCUT2D eigenvalue weighted by molar-refractivity contribution is -0.150. The lowest BCUT2D eigenvalue weighted by Gasteiger charge is -2.07. The van der Waals surface area contributed by atoms with Gasteiger partial charge in [-0.3, -0.25) is 14.9 Å². The Morgan fingerprint density at radius 1 is 1.08 bits per heavy atom. The number of benzene rings is 1. The molecule has 0 spiro atoms. The third-order valence-corrected chi connectivity index (χ3v) is 3.05. The Labute approximate surface area is 138 Å². The van der Waals surface area contributed by atoms with Crippen LogP contribution in [-0.4, -0.2) is 31.0 Å². The van der Waals surface area contributed by atoms with E-state index in [1.807, 2.05) is 24.4 Å². The average molecular weight is 331 g/mol. The van der Waals surface area contributed by atoms with Gasteiger partial charge in [0.1, 0.15) is 5.75 Å². The summed E-state index contributed by atoms with van der Waals surface area (Å²) in [5.74, 6) is -1.64. The van der Waals surface area contributed by atoms with Crippen LogP contribution in [0.5, 0.6) is 5.75 Å². The van der Waals surface area contributed by atoms with Crippen LogP contribution in [-0.2, 0) is 20.7 Å². The number of esters is 1. The fourth-order valence-corrected chi connectivity index (χ4v) is 1.78. The Kier molecular flexibility index (Phi) is 6.13. The largest absolute Gasteiger partial charge is 0.482 e. The van der Waals surface area contributed by atoms with Gasteiger partial charge in [-0.25, -0.2) is 4.79 Å². The zero-order valence-corrected chi connectivity index (χ0v) is 13.1. The molecule has 1 aromatic heterocycles. The Morgan fingerprint density at radius 3 is 2.46 bits per heavy atom. The van der Waals surface area contributed by atoms with Gasteiger partial charge in [-0.15, -0.1) is 0 Å². The van der Waals surface area contributed by atoms with E-state index in [2.05, 4.69) is 0 Å². The van der Waals surface area contributed by atoms with Crippen LogP contribution in [0, 0.1) is 0 Å². The second-order valence-corrected chi connectivity index (χ2v) is 4.80. The maximum Gasteiger partial charge on any atom is 0.344 e. The molecule has 1 heterocycles. The first-order valence-corrected chi connectivity index (χ1v) is 7.33. The number of imide groups is 1. The third-order valence-electron chi connectivity index (χ3n) is 3.05. The fourth-order valence-electron chi connectivity index (χ4n) is 1.78. The number of aryl methyl sites for hydroxylation is 1. The molecule has 2 rings (SSSR count). The van der Waals surface area contributed by atoms with Crippen molar-refractivity contribution < 1.29 is 28.3 Å². The van der Waals surface area contributed by atoms with E-state index in [0.29, 0.717) is 5.75 Å². The highest BCUT2D eigenvalue weighted by Crippen LogP contribution is 2.12. The molecule has 7 heteroatoms. The molecule has 1 N–H and O–H groups in total. The minimum Gasteiger partial charge on any atom is -0.482 e. The maximum atomic E-state index is 11.5. The number of rotatable bonds is 7. The van der Waals surface area contributed by atoms with E-state index in [4.69, 9.17) is 13.9 Å². The summed E-state index contributed by atoms with van der Waals surface area (Å²) in [6.45, 7) is 1.13. The predicted octanol–water partition coefficient (Wildman–Crippen LogP) is 1.72. The summed E-state index contributed by atoms with van der Waals surface area (Å²) in [6.07, 6.45) is 2.22. The fraction of sp³-hybridized carbons (Fsp3) is 0.235. The smallest absolute Gasteiger partial charge is 0.344 e. The van der Waals surface area contributed by atoms with Crippen LogP contribution < -0.4 is 10.1 Å². The first kappa shape index (κ1) is 17.3. The average Bonchev–Trinajstić information content (AvgIpc) is 3.13. The quantitative estimate of drug-likeness (QED) is 0.776. The van der Waals surface area contributed by atoms with Crippen molar-refractivity contribution in [1.82, 2.24) is 5.32 Å². The van der Waals surface area contributed by atoms with Gasteiger partial charge in [0, 0.05) is 0 Å². The van der Waals surface area contributed by atoms with Crippen molar-refractivity contribution in [2.75, 3.05) is 13.2 Å². The number of ether oxygens (including phenoxy) is 2. The number of carbonyl (C=O) groups excluding carboxylic acids is 3. The Morgan fingerprint density at radius 2 is 1.83 bits per heavy atom. The lowest BCUT2D eigenvalue weighted by Crippen LogP contribution is -2.34. The van der Waals surface area contributed by atoms with Crippen molar-refractivity contribution in [1.29, 1.82) is 0 Å². The molecule has 24 heavy (non-hydrogen) atoms. The second-order valence-electron chi connectivity index (χ2n) is 4.80. The topological polar surface area (TPSA) is 94.8 Å². The van der Waals surface area contributed by atoms with E-state index in [1.54, 1.807) is 12.1 Å². The van der Waals surface area contributed by atoms with Crippen molar-refractivity contribution in [3.8, 4) is 5.75 Å². The summed E-state index contributed by atoms with van der Waals surface area (Å²) < 4.78 is 14.8. The van der Waals surface area contributed by atoms with Crippen LogP contribution in [0.3, 0.4) is 0 Å². The predicted molar refractivity (Wildman–Crippen MR) is 83.5 cm³/mol. The van der Waals surface area contributed by atoms with E-state index in [1.165, 1.54) is 18.4 Å². The first-order chi connectivity index (χ1) is 11.6. The van der Waals surface area contributed by atoms with Crippen LogP contribution in [0.25, 0.3) is 0 Å². The van der Waals surface area contributed by atoms with E-state index in [9.17, 15) is 14.4 Å². The van der Waals surface area contributed by atoms with E-state index >= 15 is 0 Å². The van der Waals surface area contributed by atoms with Crippen LogP contribution in [0.1, 0.15) is 23.0 Å². The molecular formula is C17H17NO6. The minimum absolute atomic E-state index is 0.00599. The van der Waals surface area contributed by atoms with Gasteiger partial charge < -0.3 is 13.9 Å². The highest BCUT2D eigenvalue weighted by atomic mass is 16.6. The number of hydrogen-bond donors (Lipinski definition) is 1. The highest BCUT2D eigenvalue weighted by molar-refractivity contribution is 6.03. The lowest BCUT2D eigenvalue weighted by atomic mass is 10.2. The van der Waals surface area contributed by atoms with Gasteiger partial charge in [0.2, 0.25) is 0 Å². The molecule has 2 aromatic rings. The molecular weight excluding hydrogens is 314 g/mol. The number of carbonyl (C=O) groups is 3. The molecule has 0 saturated heterocycles. The number of furan rings is 1. The Balaban J connectivity index is 1.68.